The summed E-state index contributed by atoms with van der Waals surface area (Å²) in [4.78, 5) is 2.64. The fraction of sp³-hybridized carbons (Fsp3) is 0.667. The lowest BCUT2D eigenvalue weighted by atomic mass is 9.82. The Kier molecular flexibility index (Phi) is 5.62. The third-order valence-electron chi connectivity index (χ3n) is 5.23. The van der Waals surface area contributed by atoms with Gasteiger partial charge in [-0.1, -0.05) is 44.2 Å². The van der Waals surface area contributed by atoms with Crippen LogP contribution in [-0.4, -0.2) is 24.5 Å². The first-order chi connectivity index (χ1) is 9.69. The van der Waals surface area contributed by atoms with Crippen molar-refractivity contribution < 1.29 is 0 Å². The lowest BCUT2D eigenvalue weighted by Crippen LogP contribution is -2.27. The number of likely N-dealkylation sites (tertiary alicyclic amines) is 1. The van der Waals surface area contributed by atoms with E-state index in [0.717, 1.165) is 6.42 Å². The first-order valence-corrected chi connectivity index (χ1v) is 8.22. The summed E-state index contributed by atoms with van der Waals surface area (Å²) in [6.07, 6.45) is 6.32. The van der Waals surface area contributed by atoms with Gasteiger partial charge >= 0.3 is 0 Å². The van der Waals surface area contributed by atoms with Crippen LogP contribution in [0, 0.1) is 5.41 Å². The van der Waals surface area contributed by atoms with Gasteiger partial charge in [-0.25, -0.2) is 0 Å². The maximum atomic E-state index is 6.27. The Bertz CT molecular complexity index is 384. The molecular formula is C18H30N2. The summed E-state index contributed by atoms with van der Waals surface area (Å²) in [5, 5.41) is 0. The molecule has 0 amide bonds. The van der Waals surface area contributed by atoms with Crippen LogP contribution >= 0.6 is 0 Å². The van der Waals surface area contributed by atoms with Crippen molar-refractivity contribution in [1.29, 1.82) is 0 Å². The van der Waals surface area contributed by atoms with Gasteiger partial charge in [-0.2, -0.15) is 0 Å². The van der Waals surface area contributed by atoms with Crippen LogP contribution in [0.4, 0.5) is 0 Å². The zero-order valence-corrected chi connectivity index (χ0v) is 13.1. The van der Waals surface area contributed by atoms with Gasteiger partial charge in [0, 0.05) is 12.6 Å². The van der Waals surface area contributed by atoms with Crippen molar-refractivity contribution in [2.75, 3.05) is 19.6 Å². The summed E-state index contributed by atoms with van der Waals surface area (Å²) in [7, 11) is 0. The van der Waals surface area contributed by atoms with E-state index in [1.807, 2.05) is 0 Å². The molecule has 2 heteroatoms. The molecule has 1 atom stereocenters. The van der Waals surface area contributed by atoms with E-state index in [4.69, 9.17) is 5.73 Å². The quantitative estimate of drug-likeness (QED) is 0.815. The lowest BCUT2D eigenvalue weighted by Gasteiger charge is -2.26. The van der Waals surface area contributed by atoms with Crippen LogP contribution in [0.25, 0.3) is 0 Å². The third kappa shape index (κ3) is 3.83. The third-order valence-corrected chi connectivity index (χ3v) is 5.23. The highest BCUT2D eigenvalue weighted by Gasteiger charge is 2.34. The molecular weight excluding hydrogens is 244 g/mol. The zero-order chi connectivity index (χ0) is 14.4. The number of hydrogen-bond acceptors (Lipinski definition) is 2. The summed E-state index contributed by atoms with van der Waals surface area (Å²) in [6.45, 7) is 8.47. The molecule has 1 aromatic rings. The van der Waals surface area contributed by atoms with Crippen molar-refractivity contribution in [3.8, 4) is 0 Å². The minimum absolute atomic E-state index is 0.195. The molecule has 2 N–H and O–H groups in total. The van der Waals surface area contributed by atoms with Crippen LogP contribution in [-0.2, 0) is 0 Å². The molecule has 0 spiro atoms. The van der Waals surface area contributed by atoms with Gasteiger partial charge in [-0.05, 0) is 56.2 Å². The molecule has 1 aliphatic rings. The minimum Gasteiger partial charge on any atom is -0.324 e. The van der Waals surface area contributed by atoms with E-state index in [9.17, 15) is 0 Å². The molecule has 1 unspecified atom stereocenters. The van der Waals surface area contributed by atoms with Crippen LogP contribution in [0.5, 0.6) is 0 Å². The highest BCUT2D eigenvalue weighted by atomic mass is 15.2. The molecule has 0 saturated carbocycles. The molecule has 0 aliphatic carbocycles. The second kappa shape index (κ2) is 7.24. The average Bonchev–Trinajstić information content (AvgIpc) is 2.92. The summed E-state index contributed by atoms with van der Waals surface area (Å²) >= 11 is 0. The van der Waals surface area contributed by atoms with Crippen LogP contribution in [0.2, 0.25) is 0 Å². The maximum Gasteiger partial charge on any atom is 0.0295 e. The van der Waals surface area contributed by atoms with Crippen molar-refractivity contribution in [2.45, 2.75) is 52.0 Å². The average molecular weight is 274 g/mol. The van der Waals surface area contributed by atoms with Crippen LogP contribution in [0.3, 0.4) is 0 Å². The highest BCUT2D eigenvalue weighted by Crippen LogP contribution is 2.37. The molecule has 2 nitrogen and oxygen atoms in total. The van der Waals surface area contributed by atoms with E-state index in [0.29, 0.717) is 5.41 Å². The number of nitrogens with two attached hydrogens (primary N) is 1. The normalized spacial score (nSPS) is 20.1. The molecule has 0 bridgehead atoms. The molecule has 20 heavy (non-hydrogen) atoms. The monoisotopic (exact) mass is 274 g/mol. The Balaban J connectivity index is 1.72. The number of hydrogen-bond donors (Lipinski definition) is 1. The summed E-state index contributed by atoms with van der Waals surface area (Å²) < 4.78 is 0. The fourth-order valence-electron chi connectivity index (χ4n) is 3.45. The van der Waals surface area contributed by atoms with Crippen LogP contribution < -0.4 is 5.73 Å². The van der Waals surface area contributed by atoms with E-state index < -0.39 is 0 Å². The van der Waals surface area contributed by atoms with E-state index in [-0.39, 0.29) is 6.04 Å². The van der Waals surface area contributed by atoms with E-state index in [1.54, 1.807) is 0 Å². The molecule has 1 aromatic carbocycles. The maximum absolute atomic E-state index is 6.27. The lowest BCUT2D eigenvalue weighted by molar-refractivity contribution is 0.237. The smallest absolute Gasteiger partial charge is 0.0295 e. The number of benzene rings is 1. The summed E-state index contributed by atoms with van der Waals surface area (Å²) in [5.74, 6) is 0. The molecule has 1 aliphatic heterocycles. The first kappa shape index (κ1) is 15.5. The number of rotatable bonds is 7. The van der Waals surface area contributed by atoms with Crippen molar-refractivity contribution >= 4 is 0 Å². The second-order valence-corrected chi connectivity index (χ2v) is 6.39. The fourth-order valence-corrected chi connectivity index (χ4v) is 3.45. The zero-order valence-electron chi connectivity index (χ0n) is 13.1. The standard InChI is InChI=1S/C18H30N2/c1-3-18(4-2)12-14-20(15-18)13-8-11-17(19)16-9-6-5-7-10-16/h5-7,9-10,17H,3-4,8,11-15,19H2,1-2H3. The van der Waals surface area contributed by atoms with Crippen molar-refractivity contribution in [3.05, 3.63) is 35.9 Å². The van der Waals surface area contributed by atoms with Crippen LogP contribution in [0.15, 0.2) is 30.3 Å². The van der Waals surface area contributed by atoms with E-state index in [2.05, 4.69) is 49.1 Å². The molecule has 1 heterocycles. The molecule has 0 aromatic heterocycles. The first-order valence-electron chi connectivity index (χ1n) is 8.22. The predicted molar refractivity (Wildman–Crippen MR) is 86.7 cm³/mol. The summed E-state index contributed by atoms with van der Waals surface area (Å²) in [6, 6.07) is 10.7. The molecule has 0 radical (unpaired) electrons. The van der Waals surface area contributed by atoms with Crippen LogP contribution in [0.1, 0.15) is 57.6 Å². The predicted octanol–water partition coefficient (Wildman–Crippen LogP) is 3.98. The van der Waals surface area contributed by atoms with Gasteiger partial charge in [-0.15, -0.1) is 0 Å². The minimum atomic E-state index is 0.195. The van der Waals surface area contributed by atoms with Crippen molar-refractivity contribution in [2.24, 2.45) is 11.1 Å². The van der Waals surface area contributed by atoms with Gasteiger partial charge in [0.05, 0.1) is 0 Å². The van der Waals surface area contributed by atoms with E-state index >= 15 is 0 Å². The Morgan fingerprint density at radius 1 is 1.20 bits per heavy atom. The summed E-state index contributed by atoms with van der Waals surface area (Å²) in [5.41, 5.74) is 8.13. The van der Waals surface area contributed by atoms with Crippen molar-refractivity contribution in [1.82, 2.24) is 4.90 Å². The SMILES string of the molecule is CCC1(CC)CCN(CCCC(N)c2ccccc2)C1. The van der Waals surface area contributed by atoms with Crippen molar-refractivity contribution in [3.63, 3.8) is 0 Å². The number of nitrogens with zero attached hydrogens (tertiary/aromatic N) is 1. The van der Waals surface area contributed by atoms with E-state index in [1.165, 1.54) is 50.9 Å². The van der Waals surface area contributed by atoms with Gasteiger partial charge in [0.25, 0.3) is 0 Å². The topological polar surface area (TPSA) is 29.3 Å². The van der Waals surface area contributed by atoms with Gasteiger partial charge < -0.3 is 10.6 Å². The highest BCUT2D eigenvalue weighted by molar-refractivity contribution is 5.18. The second-order valence-electron chi connectivity index (χ2n) is 6.39. The van der Waals surface area contributed by atoms with Gasteiger partial charge in [-0.3, -0.25) is 0 Å². The molecule has 1 fully saturated rings. The van der Waals surface area contributed by atoms with Gasteiger partial charge in [0.15, 0.2) is 0 Å². The molecule has 112 valence electrons. The van der Waals surface area contributed by atoms with Gasteiger partial charge in [0.2, 0.25) is 0 Å². The molecule has 1 saturated heterocycles. The Labute approximate surface area is 124 Å². The Morgan fingerprint density at radius 3 is 2.50 bits per heavy atom. The Morgan fingerprint density at radius 2 is 1.90 bits per heavy atom. The van der Waals surface area contributed by atoms with Gasteiger partial charge in [0.1, 0.15) is 0 Å². The Hall–Kier alpha value is -0.860. The molecule has 2 rings (SSSR count). The largest absolute Gasteiger partial charge is 0.324 e.